The molecule has 1 aromatic heterocycles. The van der Waals surface area contributed by atoms with Gasteiger partial charge in [0.2, 0.25) is 0 Å². The van der Waals surface area contributed by atoms with Gasteiger partial charge >= 0.3 is 0 Å². The predicted octanol–water partition coefficient (Wildman–Crippen LogP) is 6.61. The van der Waals surface area contributed by atoms with Gasteiger partial charge in [-0.15, -0.1) is 0 Å². The fourth-order valence-corrected chi connectivity index (χ4v) is 4.42. The molecule has 2 heteroatoms. The van der Waals surface area contributed by atoms with Crippen LogP contribution in [-0.2, 0) is 7.05 Å². The summed E-state index contributed by atoms with van der Waals surface area (Å²) in [5.74, 6) is 0. The molecule has 0 radical (unpaired) electrons. The van der Waals surface area contributed by atoms with Crippen LogP contribution in [0.1, 0.15) is 11.3 Å². The lowest BCUT2D eigenvalue weighted by Gasteiger charge is -2.15. The van der Waals surface area contributed by atoms with Crippen molar-refractivity contribution in [2.45, 2.75) is 23.6 Å². The third-order valence-electron chi connectivity index (χ3n) is 4.75. The van der Waals surface area contributed by atoms with Crippen LogP contribution < -0.4 is 0 Å². The molecule has 4 aromatic rings. The third-order valence-corrected chi connectivity index (χ3v) is 5.99. The van der Waals surface area contributed by atoms with Crippen molar-refractivity contribution >= 4 is 22.7 Å². The largest absolute Gasteiger partial charge is 0.348 e. The SMILES string of the molecule is Cc1cc2c(cc(C)n2C)c(-c2ccccc2)c1Sc1ccccc1. The number of rotatable bonds is 3. The minimum Gasteiger partial charge on any atom is -0.348 e. The standard InChI is InChI=1S/C23H21NS/c1-16-14-21-20(15-17(2)24(21)3)22(18-10-6-4-7-11-18)23(16)25-19-12-8-5-9-13-19/h4-15H,1-3H3. The first-order chi connectivity index (χ1) is 12.1. The molecule has 0 N–H and O–H groups in total. The number of aromatic nitrogens is 1. The van der Waals surface area contributed by atoms with Crippen LogP contribution in [0.25, 0.3) is 22.0 Å². The molecule has 0 spiro atoms. The van der Waals surface area contributed by atoms with Crippen LogP contribution >= 0.6 is 11.8 Å². The zero-order chi connectivity index (χ0) is 17.4. The van der Waals surface area contributed by atoms with Crippen LogP contribution in [0.2, 0.25) is 0 Å². The van der Waals surface area contributed by atoms with Gasteiger partial charge in [0, 0.05) is 39.0 Å². The zero-order valence-corrected chi connectivity index (χ0v) is 15.6. The third kappa shape index (κ3) is 2.87. The normalized spacial score (nSPS) is 11.2. The van der Waals surface area contributed by atoms with Crippen molar-refractivity contribution in [2.24, 2.45) is 7.05 Å². The van der Waals surface area contributed by atoms with Crippen molar-refractivity contribution in [3.8, 4) is 11.1 Å². The molecule has 25 heavy (non-hydrogen) atoms. The minimum atomic E-state index is 1.27. The van der Waals surface area contributed by atoms with Gasteiger partial charge < -0.3 is 4.57 Å². The smallest absolute Gasteiger partial charge is 0.0489 e. The molecule has 1 nitrogen and oxygen atoms in total. The summed E-state index contributed by atoms with van der Waals surface area (Å²) in [6.07, 6.45) is 0. The molecule has 124 valence electrons. The van der Waals surface area contributed by atoms with E-state index in [1.165, 1.54) is 43.1 Å². The van der Waals surface area contributed by atoms with Crippen LogP contribution in [0.4, 0.5) is 0 Å². The van der Waals surface area contributed by atoms with Gasteiger partial charge in [-0.3, -0.25) is 0 Å². The predicted molar refractivity (Wildman–Crippen MR) is 108 cm³/mol. The molecule has 0 unspecified atom stereocenters. The second-order valence-electron chi connectivity index (χ2n) is 6.46. The van der Waals surface area contributed by atoms with Gasteiger partial charge in [0.05, 0.1) is 0 Å². The number of nitrogens with zero attached hydrogens (tertiary/aromatic N) is 1. The van der Waals surface area contributed by atoms with E-state index in [-0.39, 0.29) is 0 Å². The lowest BCUT2D eigenvalue weighted by Crippen LogP contribution is -1.93. The van der Waals surface area contributed by atoms with Crippen molar-refractivity contribution < 1.29 is 0 Å². The highest BCUT2D eigenvalue weighted by Crippen LogP contribution is 2.43. The summed E-state index contributed by atoms with van der Waals surface area (Å²) in [5.41, 5.74) is 6.52. The summed E-state index contributed by atoms with van der Waals surface area (Å²) in [4.78, 5) is 2.62. The van der Waals surface area contributed by atoms with E-state index in [0.29, 0.717) is 0 Å². The summed E-state index contributed by atoms with van der Waals surface area (Å²) in [7, 11) is 2.15. The molecule has 4 rings (SSSR count). The fraction of sp³-hybridized carbons (Fsp3) is 0.130. The molecule has 0 aliphatic heterocycles. The van der Waals surface area contributed by atoms with E-state index in [4.69, 9.17) is 0 Å². The van der Waals surface area contributed by atoms with E-state index in [9.17, 15) is 0 Å². The summed E-state index contributed by atoms with van der Waals surface area (Å²) < 4.78 is 2.28. The number of hydrogen-bond donors (Lipinski definition) is 0. The Morgan fingerprint density at radius 3 is 2.12 bits per heavy atom. The fourth-order valence-electron chi connectivity index (χ4n) is 3.34. The second kappa shape index (κ2) is 6.45. The first-order valence-electron chi connectivity index (χ1n) is 8.53. The first-order valence-corrected chi connectivity index (χ1v) is 9.35. The first kappa shape index (κ1) is 16.0. The van der Waals surface area contributed by atoms with Gasteiger partial charge in [0.1, 0.15) is 0 Å². The van der Waals surface area contributed by atoms with Crippen molar-refractivity contribution in [2.75, 3.05) is 0 Å². The highest BCUT2D eigenvalue weighted by Gasteiger charge is 2.17. The minimum absolute atomic E-state index is 1.27. The van der Waals surface area contributed by atoms with E-state index in [0.717, 1.165) is 0 Å². The average molecular weight is 343 g/mol. The Hall–Kier alpha value is -2.45. The number of fused-ring (bicyclic) bond motifs is 1. The average Bonchev–Trinajstić information content (AvgIpc) is 2.91. The molecule has 0 atom stereocenters. The Morgan fingerprint density at radius 1 is 0.800 bits per heavy atom. The molecule has 0 aliphatic carbocycles. The molecule has 0 aliphatic rings. The van der Waals surface area contributed by atoms with E-state index in [1.807, 2.05) is 11.8 Å². The lowest BCUT2D eigenvalue weighted by atomic mass is 9.99. The van der Waals surface area contributed by atoms with E-state index in [2.05, 4.69) is 98.3 Å². The second-order valence-corrected chi connectivity index (χ2v) is 7.54. The number of aryl methyl sites for hydroxylation is 3. The summed E-state index contributed by atoms with van der Waals surface area (Å²) in [6.45, 7) is 4.40. The Kier molecular flexibility index (Phi) is 4.14. The zero-order valence-electron chi connectivity index (χ0n) is 14.8. The van der Waals surface area contributed by atoms with Crippen molar-refractivity contribution in [3.63, 3.8) is 0 Å². The Labute approximate surface area is 153 Å². The summed E-state index contributed by atoms with van der Waals surface area (Å²) in [5, 5.41) is 1.33. The van der Waals surface area contributed by atoms with E-state index < -0.39 is 0 Å². The molecule has 3 aromatic carbocycles. The van der Waals surface area contributed by atoms with Gasteiger partial charge in [-0.1, -0.05) is 60.3 Å². The number of hydrogen-bond acceptors (Lipinski definition) is 1. The van der Waals surface area contributed by atoms with Crippen molar-refractivity contribution in [1.29, 1.82) is 0 Å². The highest BCUT2D eigenvalue weighted by atomic mass is 32.2. The highest BCUT2D eigenvalue weighted by molar-refractivity contribution is 7.99. The van der Waals surface area contributed by atoms with Gasteiger partial charge in [0.25, 0.3) is 0 Å². The van der Waals surface area contributed by atoms with Crippen LogP contribution in [0.15, 0.2) is 82.6 Å². The Morgan fingerprint density at radius 2 is 1.44 bits per heavy atom. The molecular formula is C23H21NS. The summed E-state index contributed by atoms with van der Waals surface area (Å²) >= 11 is 1.86. The molecular weight excluding hydrogens is 322 g/mol. The molecule has 0 saturated heterocycles. The van der Waals surface area contributed by atoms with Crippen molar-refractivity contribution in [1.82, 2.24) is 4.57 Å². The van der Waals surface area contributed by atoms with E-state index >= 15 is 0 Å². The van der Waals surface area contributed by atoms with Crippen LogP contribution in [0.3, 0.4) is 0 Å². The van der Waals surface area contributed by atoms with Crippen LogP contribution in [-0.4, -0.2) is 4.57 Å². The van der Waals surface area contributed by atoms with Gasteiger partial charge in [-0.2, -0.15) is 0 Å². The lowest BCUT2D eigenvalue weighted by molar-refractivity contribution is 0.917. The topological polar surface area (TPSA) is 4.93 Å². The monoisotopic (exact) mass is 343 g/mol. The maximum atomic E-state index is 2.32. The quantitative estimate of drug-likeness (QED) is 0.405. The molecule has 0 bridgehead atoms. The maximum Gasteiger partial charge on any atom is 0.0489 e. The molecule has 1 heterocycles. The molecule has 0 fully saturated rings. The maximum absolute atomic E-state index is 2.32. The van der Waals surface area contributed by atoms with Gasteiger partial charge in [-0.05, 0) is 49.2 Å². The summed E-state index contributed by atoms with van der Waals surface area (Å²) in [6, 6.07) is 26.0. The van der Waals surface area contributed by atoms with Crippen molar-refractivity contribution in [3.05, 3.63) is 84.1 Å². The van der Waals surface area contributed by atoms with E-state index in [1.54, 1.807) is 0 Å². The Balaban J connectivity index is 2.02. The van der Waals surface area contributed by atoms with Crippen LogP contribution in [0, 0.1) is 13.8 Å². The molecule has 0 amide bonds. The van der Waals surface area contributed by atoms with Gasteiger partial charge in [0.15, 0.2) is 0 Å². The van der Waals surface area contributed by atoms with Crippen LogP contribution in [0.5, 0.6) is 0 Å². The molecule has 0 saturated carbocycles. The Bertz CT molecular complexity index is 1030. The van der Waals surface area contributed by atoms with Gasteiger partial charge in [-0.25, -0.2) is 0 Å². The number of benzene rings is 3.